The lowest BCUT2D eigenvalue weighted by molar-refractivity contribution is 0.0886. The van der Waals surface area contributed by atoms with Gasteiger partial charge in [0.15, 0.2) is 5.69 Å². The topological polar surface area (TPSA) is 68.9 Å². The second-order valence-corrected chi connectivity index (χ2v) is 9.55. The van der Waals surface area contributed by atoms with Crippen molar-refractivity contribution in [3.63, 3.8) is 0 Å². The van der Waals surface area contributed by atoms with Crippen molar-refractivity contribution in [1.82, 2.24) is 19.7 Å². The minimum Gasteiger partial charge on any atom is -0.348 e. The van der Waals surface area contributed by atoms with E-state index in [1.54, 1.807) is 0 Å². The molecule has 0 aliphatic heterocycles. The van der Waals surface area contributed by atoms with Crippen molar-refractivity contribution in [3.05, 3.63) is 70.1 Å². The number of hydrogen-bond acceptors (Lipinski definition) is 3. The number of hydrogen-bond donors (Lipinski definition) is 1. The number of carbonyl (C=O) groups is 1. The zero-order valence-electron chi connectivity index (χ0n) is 19.6. The lowest BCUT2D eigenvalue weighted by atomic mass is 9.78. The van der Waals surface area contributed by atoms with Crippen LogP contribution in [0.25, 0.3) is 27.5 Å². The normalized spacial score (nSPS) is 20.9. The van der Waals surface area contributed by atoms with Gasteiger partial charge in [0.1, 0.15) is 5.52 Å². The summed E-state index contributed by atoms with van der Waals surface area (Å²) in [4.78, 5) is 27.3. The molecular weight excluding hydrogens is 412 g/mol. The molecule has 1 aliphatic carbocycles. The van der Waals surface area contributed by atoms with Crippen molar-refractivity contribution in [2.45, 2.75) is 46.1 Å². The molecule has 6 nitrogen and oxygen atoms in total. The van der Waals surface area contributed by atoms with Gasteiger partial charge in [-0.05, 0) is 43.4 Å². The maximum Gasteiger partial charge on any atom is 0.296 e. The van der Waals surface area contributed by atoms with E-state index in [9.17, 15) is 9.59 Å². The Balaban J connectivity index is 1.73. The van der Waals surface area contributed by atoms with E-state index >= 15 is 0 Å². The van der Waals surface area contributed by atoms with Crippen molar-refractivity contribution in [2.75, 3.05) is 0 Å². The Morgan fingerprint density at radius 3 is 2.55 bits per heavy atom. The Labute approximate surface area is 193 Å². The molecule has 0 unspecified atom stereocenters. The molecule has 0 spiro atoms. The minimum atomic E-state index is -0.233. The number of nitrogens with one attached hydrogen (secondary N) is 1. The molecule has 6 heteroatoms. The predicted octanol–water partition coefficient (Wildman–Crippen LogP) is 4.74. The van der Waals surface area contributed by atoms with Crippen LogP contribution in [0.15, 0.2) is 53.3 Å². The SMILES string of the molecule is Cc1ccc(-n2nc(C(=O)N[C@@H]3CCC[C@H](C)[C@@H]3C)c3c4ccccc4n(C)c3c2=O)cc1. The second-order valence-electron chi connectivity index (χ2n) is 9.55. The molecule has 5 rings (SSSR count). The molecule has 1 N–H and O–H groups in total. The number of nitrogens with zero attached hydrogens (tertiary/aromatic N) is 3. The highest BCUT2D eigenvalue weighted by Crippen LogP contribution is 2.31. The van der Waals surface area contributed by atoms with Crippen LogP contribution in [0.2, 0.25) is 0 Å². The van der Waals surface area contributed by atoms with Crippen LogP contribution in [0, 0.1) is 18.8 Å². The Morgan fingerprint density at radius 1 is 1.06 bits per heavy atom. The molecule has 1 aliphatic rings. The van der Waals surface area contributed by atoms with Crippen LogP contribution >= 0.6 is 0 Å². The molecule has 170 valence electrons. The van der Waals surface area contributed by atoms with E-state index in [1.807, 2.05) is 67.1 Å². The van der Waals surface area contributed by atoms with Gasteiger partial charge in [0.2, 0.25) is 0 Å². The number of carbonyl (C=O) groups excluding carboxylic acids is 1. The van der Waals surface area contributed by atoms with Crippen molar-refractivity contribution >= 4 is 27.7 Å². The summed E-state index contributed by atoms with van der Waals surface area (Å²) < 4.78 is 3.24. The monoisotopic (exact) mass is 442 g/mol. The summed E-state index contributed by atoms with van der Waals surface area (Å²) in [6, 6.07) is 15.5. The third kappa shape index (κ3) is 3.54. The van der Waals surface area contributed by atoms with E-state index in [4.69, 9.17) is 0 Å². The zero-order chi connectivity index (χ0) is 23.3. The summed E-state index contributed by atoms with van der Waals surface area (Å²) in [6.07, 6.45) is 3.27. The molecule has 0 bridgehead atoms. The van der Waals surface area contributed by atoms with Gasteiger partial charge in [0.25, 0.3) is 11.5 Å². The molecule has 2 aromatic heterocycles. The predicted molar refractivity (Wildman–Crippen MR) is 132 cm³/mol. The van der Waals surface area contributed by atoms with Crippen LogP contribution in [0.5, 0.6) is 0 Å². The van der Waals surface area contributed by atoms with E-state index < -0.39 is 0 Å². The summed E-state index contributed by atoms with van der Waals surface area (Å²) in [5, 5.41) is 9.40. The molecule has 0 saturated heterocycles. The average Bonchev–Trinajstić information content (AvgIpc) is 3.11. The van der Waals surface area contributed by atoms with Crippen LogP contribution in [0.4, 0.5) is 0 Å². The maximum atomic E-state index is 13.7. The standard InChI is InChI=1S/C27H30N4O2/c1-16-12-14-19(15-13-16)31-27(33)25-23(20-9-5-6-11-22(20)30(25)4)24(29-31)26(32)28-21-10-7-8-17(2)18(21)3/h5-6,9,11-15,17-18,21H,7-8,10H2,1-4H3,(H,28,32)/t17-,18-,21+/m0/s1. The number of aromatic nitrogens is 3. The average molecular weight is 443 g/mol. The van der Waals surface area contributed by atoms with Gasteiger partial charge in [-0.2, -0.15) is 9.78 Å². The van der Waals surface area contributed by atoms with Gasteiger partial charge in [0.05, 0.1) is 5.69 Å². The Morgan fingerprint density at radius 2 is 1.79 bits per heavy atom. The van der Waals surface area contributed by atoms with E-state index in [2.05, 4.69) is 24.3 Å². The number of rotatable bonds is 3. The highest BCUT2D eigenvalue weighted by molar-refractivity contribution is 6.16. The maximum absolute atomic E-state index is 13.7. The lowest BCUT2D eigenvalue weighted by Gasteiger charge is -2.34. The van der Waals surface area contributed by atoms with Crippen LogP contribution in [0.1, 0.15) is 49.2 Å². The number of amides is 1. The van der Waals surface area contributed by atoms with E-state index in [0.717, 1.165) is 29.3 Å². The highest BCUT2D eigenvalue weighted by Gasteiger charge is 2.30. The first kappa shape index (κ1) is 21.4. The molecule has 1 saturated carbocycles. The van der Waals surface area contributed by atoms with Crippen LogP contribution in [-0.4, -0.2) is 26.3 Å². The fraction of sp³-hybridized carbons (Fsp3) is 0.370. The summed E-state index contributed by atoms with van der Waals surface area (Å²) >= 11 is 0. The largest absolute Gasteiger partial charge is 0.348 e. The third-order valence-corrected chi connectivity index (χ3v) is 7.46. The van der Waals surface area contributed by atoms with Crippen LogP contribution in [0.3, 0.4) is 0 Å². The molecular formula is C27H30N4O2. The molecule has 33 heavy (non-hydrogen) atoms. The van der Waals surface area contributed by atoms with Gasteiger partial charge in [-0.1, -0.05) is 62.6 Å². The smallest absolute Gasteiger partial charge is 0.296 e. The van der Waals surface area contributed by atoms with Gasteiger partial charge in [-0.3, -0.25) is 9.59 Å². The second kappa shape index (κ2) is 8.18. The van der Waals surface area contributed by atoms with Crippen molar-refractivity contribution < 1.29 is 4.79 Å². The first-order chi connectivity index (χ1) is 15.9. The summed E-state index contributed by atoms with van der Waals surface area (Å²) in [5.74, 6) is 0.743. The summed E-state index contributed by atoms with van der Waals surface area (Å²) in [5.41, 5.74) is 3.20. The number of aryl methyl sites for hydroxylation is 2. The number of para-hydroxylation sites is 1. The van der Waals surface area contributed by atoms with Gasteiger partial charge >= 0.3 is 0 Å². The van der Waals surface area contributed by atoms with Crippen LogP contribution in [-0.2, 0) is 7.05 Å². The van der Waals surface area contributed by atoms with Gasteiger partial charge in [-0.15, -0.1) is 0 Å². The van der Waals surface area contributed by atoms with Gasteiger partial charge < -0.3 is 9.88 Å². The molecule has 3 atom stereocenters. The molecule has 1 amide bonds. The third-order valence-electron chi connectivity index (χ3n) is 7.46. The lowest BCUT2D eigenvalue weighted by Crippen LogP contribution is -2.44. The Bertz CT molecular complexity index is 1410. The Kier molecular flexibility index (Phi) is 5.31. The van der Waals surface area contributed by atoms with E-state index in [-0.39, 0.29) is 17.5 Å². The summed E-state index contributed by atoms with van der Waals surface area (Å²) in [6.45, 7) is 6.46. The van der Waals surface area contributed by atoms with E-state index in [0.29, 0.717) is 34.1 Å². The fourth-order valence-electron chi connectivity index (χ4n) is 5.22. The van der Waals surface area contributed by atoms with Crippen molar-refractivity contribution in [1.29, 1.82) is 0 Å². The Hall–Kier alpha value is -3.41. The zero-order valence-corrected chi connectivity index (χ0v) is 19.6. The number of fused-ring (bicyclic) bond motifs is 3. The first-order valence-electron chi connectivity index (χ1n) is 11.7. The first-order valence-corrected chi connectivity index (χ1v) is 11.7. The molecule has 4 aromatic rings. The quantitative estimate of drug-likeness (QED) is 0.498. The molecule has 0 radical (unpaired) electrons. The molecule has 2 heterocycles. The van der Waals surface area contributed by atoms with Crippen molar-refractivity contribution in [3.8, 4) is 5.69 Å². The van der Waals surface area contributed by atoms with E-state index in [1.165, 1.54) is 11.1 Å². The molecule has 2 aromatic carbocycles. The van der Waals surface area contributed by atoms with Gasteiger partial charge in [-0.25, -0.2) is 0 Å². The van der Waals surface area contributed by atoms with Crippen LogP contribution < -0.4 is 10.9 Å². The summed E-state index contributed by atoms with van der Waals surface area (Å²) in [7, 11) is 1.87. The van der Waals surface area contributed by atoms with Gasteiger partial charge in [0, 0.05) is 29.4 Å². The fourth-order valence-corrected chi connectivity index (χ4v) is 5.22. The highest BCUT2D eigenvalue weighted by atomic mass is 16.2. The van der Waals surface area contributed by atoms with Crippen molar-refractivity contribution in [2.24, 2.45) is 18.9 Å². The minimum absolute atomic E-state index is 0.104. The number of benzene rings is 2. The molecule has 1 fully saturated rings.